The van der Waals surface area contributed by atoms with Gasteiger partial charge in [0.15, 0.2) is 0 Å². The summed E-state index contributed by atoms with van der Waals surface area (Å²) in [5, 5.41) is 0.0278. The van der Waals surface area contributed by atoms with Crippen molar-refractivity contribution in [3.05, 3.63) is 41.8 Å². The zero-order valence-corrected chi connectivity index (χ0v) is 15.8. The highest BCUT2D eigenvalue weighted by Gasteiger charge is 2.40. The van der Waals surface area contributed by atoms with Crippen LogP contribution >= 0.6 is 12.6 Å². The Bertz CT molecular complexity index is 773. The van der Waals surface area contributed by atoms with Crippen LogP contribution in [0.1, 0.15) is 30.7 Å². The number of nitrogens with zero attached hydrogens (tertiary/aromatic N) is 2. The number of esters is 1. The maximum atomic E-state index is 11.8. The largest absolute Gasteiger partial charge is 0.469 e. The quantitative estimate of drug-likeness (QED) is 0.621. The summed E-state index contributed by atoms with van der Waals surface area (Å²) in [5.41, 5.74) is 2.04. The Morgan fingerprint density at radius 3 is 2.85 bits per heavy atom. The molecule has 1 saturated carbocycles. The van der Waals surface area contributed by atoms with E-state index < -0.39 is 0 Å². The van der Waals surface area contributed by atoms with Gasteiger partial charge < -0.3 is 9.15 Å². The average molecular weight is 372 g/mol. The van der Waals surface area contributed by atoms with Crippen LogP contribution in [0.2, 0.25) is 0 Å². The van der Waals surface area contributed by atoms with Crippen molar-refractivity contribution in [2.75, 3.05) is 13.7 Å². The molecule has 2 atom stereocenters. The third-order valence-corrected chi connectivity index (χ3v) is 6.11. The third kappa shape index (κ3) is 3.67. The molecule has 1 aliphatic carbocycles. The predicted molar refractivity (Wildman–Crippen MR) is 102 cm³/mol. The summed E-state index contributed by atoms with van der Waals surface area (Å²) in [5.74, 6) is 2.25. The van der Waals surface area contributed by atoms with E-state index in [1.807, 2.05) is 30.3 Å². The van der Waals surface area contributed by atoms with E-state index in [0.717, 1.165) is 30.0 Å². The van der Waals surface area contributed by atoms with Gasteiger partial charge in [-0.3, -0.25) is 9.69 Å². The average Bonchev–Trinajstić information content (AvgIpc) is 3.43. The van der Waals surface area contributed by atoms with Gasteiger partial charge in [0.2, 0.25) is 5.89 Å². The van der Waals surface area contributed by atoms with Gasteiger partial charge in [-0.1, -0.05) is 18.2 Å². The molecule has 2 heterocycles. The molecule has 4 rings (SSSR count). The number of fused-ring (bicyclic) bond motifs is 1. The number of oxazole rings is 1. The monoisotopic (exact) mass is 372 g/mol. The zero-order valence-electron chi connectivity index (χ0n) is 14.9. The van der Waals surface area contributed by atoms with Crippen LogP contribution in [0.4, 0.5) is 0 Å². The Labute approximate surface area is 159 Å². The van der Waals surface area contributed by atoms with Crippen LogP contribution in [0.3, 0.4) is 0 Å². The molecule has 0 N–H and O–H groups in total. The van der Waals surface area contributed by atoms with Crippen LogP contribution in [0, 0.1) is 11.8 Å². The number of methoxy groups -OCH3 is 1. The molecule has 0 saturated heterocycles. The van der Waals surface area contributed by atoms with E-state index in [1.54, 1.807) is 0 Å². The first-order valence-corrected chi connectivity index (χ1v) is 9.70. The van der Waals surface area contributed by atoms with E-state index >= 15 is 0 Å². The summed E-state index contributed by atoms with van der Waals surface area (Å²) >= 11 is 4.89. The Kier molecular flexibility index (Phi) is 5.05. The van der Waals surface area contributed by atoms with Crippen molar-refractivity contribution in [2.45, 2.75) is 37.6 Å². The number of hydrogen-bond donors (Lipinski definition) is 1. The first-order valence-electron chi connectivity index (χ1n) is 9.18. The standard InChI is InChI=1S/C20H24N2O3S/c1-24-18(23)11-15(13-7-8-13)20(26)22-10-9-16-17(12-22)25-19(21-16)14-5-3-2-4-6-14/h2-6,13,15,20,26H,7-12H2,1H3. The van der Waals surface area contributed by atoms with Crippen molar-refractivity contribution < 1.29 is 13.9 Å². The fraction of sp³-hybridized carbons (Fsp3) is 0.500. The second kappa shape index (κ2) is 7.45. The summed E-state index contributed by atoms with van der Waals surface area (Å²) in [6, 6.07) is 9.98. The van der Waals surface area contributed by atoms with Gasteiger partial charge in [0.25, 0.3) is 0 Å². The van der Waals surface area contributed by atoms with Crippen molar-refractivity contribution in [1.29, 1.82) is 0 Å². The second-order valence-corrected chi connectivity index (χ2v) is 7.70. The van der Waals surface area contributed by atoms with Gasteiger partial charge in [-0.25, -0.2) is 4.98 Å². The Balaban J connectivity index is 1.49. The maximum Gasteiger partial charge on any atom is 0.305 e. The van der Waals surface area contributed by atoms with Gasteiger partial charge in [-0.05, 0) is 36.8 Å². The molecule has 0 amide bonds. The van der Waals surface area contributed by atoms with Gasteiger partial charge in [-0.15, -0.1) is 0 Å². The number of carbonyl (C=O) groups excluding carboxylic acids is 1. The van der Waals surface area contributed by atoms with Gasteiger partial charge in [0, 0.05) is 18.5 Å². The number of thiol groups is 1. The van der Waals surface area contributed by atoms with E-state index in [1.165, 1.54) is 20.0 Å². The first kappa shape index (κ1) is 17.6. The molecule has 138 valence electrons. The molecule has 6 heteroatoms. The molecule has 2 aromatic rings. The molecule has 5 nitrogen and oxygen atoms in total. The molecule has 0 bridgehead atoms. The molecular weight excluding hydrogens is 348 g/mol. The lowest BCUT2D eigenvalue weighted by Gasteiger charge is -2.35. The molecule has 0 radical (unpaired) electrons. The zero-order chi connectivity index (χ0) is 18.1. The number of ether oxygens (including phenoxy) is 1. The van der Waals surface area contributed by atoms with Crippen LogP contribution in [0.15, 0.2) is 34.7 Å². The van der Waals surface area contributed by atoms with Gasteiger partial charge in [0.1, 0.15) is 5.76 Å². The summed E-state index contributed by atoms with van der Waals surface area (Å²) in [4.78, 5) is 18.8. The number of rotatable bonds is 6. The normalized spacial score (nSPS) is 19.6. The molecule has 1 aromatic heterocycles. The molecule has 26 heavy (non-hydrogen) atoms. The summed E-state index contributed by atoms with van der Waals surface area (Å²) < 4.78 is 10.9. The maximum absolute atomic E-state index is 11.8. The van der Waals surface area contributed by atoms with Crippen LogP contribution in [0.5, 0.6) is 0 Å². The minimum atomic E-state index is -0.148. The molecule has 2 aliphatic rings. The van der Waals surface area contributed by atoms with Crippen molar-refractivity contribution in [1.82, 2.24) is 9.88 Å². The minimum Gasteiger partial charge on any atom is -0.469 e. The first-order chi connectivity index (χ1) is 12.7. The summed E-state index contributed by atoms with van der Waals surface area (Å²) in [6.07, 6.45) is 3.64. The molecule has 2 unspecified atom stereocenters. The lowest BCUT2D eigenvalue weighted by molar-refractivity contribution is -0.142. The molecular formula is C20H24N2O3S. The van der Waals surface area contributed by atoms with Gasteiger partial charge in [0.05, 0.1) is 31.1 Å². The van der Waals surface area contributed by atoms with E-state index in [-0.39, 0.29) is 17.3 Å². The second-order valence-electron chi connectivity index (χ2n) is 7.17. The van der Waals surface area contributed by atoms with E-state index in [2.05, 4.69) is 9.88 Å². The lowest BCUT2D eigenvalue weighted by atomic mass is 9.97. The lowest BCUT2D eigenvalue weighted by Crippen LogP contribution is -2.41. The molecule has 1 aliphatic heterocycles. The topological polar surface area (TPSA) is 55.6 Å². The van der Waals surface area contributed by atoms with Crippen molar-refractivity contribution >= 4 is 18.6 Å². The van der Waals surface area contributed by atoms with Crippen molar-refractivity contribution in [3.63, 3.8) is 0 Å². The van der Waals surface area contributed by atoms with Crippen molar-refractivity contribution in [2.24, 2.45) is 11.8 Å². The highest BCUT2D eigenvalue weighted by Crippen LogP contribution is 2.43. The number of hydrogen-bond acceptors (Lipinski definition) is 6. The Morgan fingerprint density at radius 2 is 2.15 bits per heavy atom. The minimum absolute atomic E-state index is 0.0278. The van der Waals surface area contributed by atoms with Crippen LogP contribution in [-0.4, -0.2) is 34.9 Å². The Hall–Kier alpha value is -1.79. The number of benzene rings is 1. The van der Waals surface area contributed by atoms with E-state index in [4.69, 9.17) is 21.8 Å². The van der Waals surface area contributed by atoms with Crippen LogP contribution in [-0.2, 0) is 22.5 Å². The number of carbonyl (C=O) groups is 1. The molecule has 1 fully saturated rings. The third-order valence-electron chi connectivity index (χ3n) is 5.40. The fourth-order valence-electron chi connectivity index (χ4n) is 3.73. The number of aromatic nitrogens is 1. The molecule has 1 aromatic carbocycles. The van der Waals surface area contributed by atoms with Crippen molar-refractivity contribution in [3.8, 4) is 11.5 Å². The SMILES string of the molecule is COC(=O)CC(C1CC1)C(S)N1CCc2nc(-c3ccccc3)oc2C1. The fourth-order valence-corrected chi connectivity index (χ4v) is 4.28. The van der Waals surface area contributed by atoms with Crippen LogP contribution in [0.25, 0.3) is 11.5 Å². The van der Waals surface area contributed by atoms with E-state index in [9.17, 15) is 4.79 Å². The highest BCUT2D eigenvalue weighted by molar-refractivity contribution is 7.80. The van der Waals surface area contributed by atoms with E-state index in [0.29, 0.717) is 24.8 Å². The highest BCUT2D eigenvalue weighted by atomic mass is 32.1. The van der Waals surface area contributed by atoms with Gasteiger partial charge >= 0.3 is 5.97 Å². The van der Waals surface area contributed by atoms with Gasteiger partial charge in [-0.2, -0.15) is 12.6 Å². The van der Waals surface area contributed by atoms with Crippen LogP contribution < -0.4 is 0 Å². The summed E-state index contributed by atoms with van der Waals surface area (Å²) in [7, 11) is 1.45. The summed E-state index contributed by atoms with van der Waals surface area (Å²) in [6.45, 7) is 1.57. The molecule has 0 spiro atoms. The smallest absolute Gasteiger partial charge is 0.305 e. The Morgan fingerprint density at radius 1 is 1.38 bits per heavy atom. The predicted octanol–water partition coefficient (Wildman–Crippen LogP) is 3.54.